The van der Waals surface area contributed by atoms with Crippen molar-refractivity contribution in [1.82, 2.24) is 4.98 Å². The molecule has 0 saturated heterocycles. The summed E-state index contributed by atoms with van der Waals surface area (Å²) in [5.41, 5.74) is 0.604. The number of aromatic nitrogens is 1. The van der Waals surface area contributed by atoms with Crippen LogP contribution in [0.2, 0.25) is 0 Å². The molecule has 1 saturated carbocycles. The Kier molecular flexibility index (Phi) is 1.80. The zero-order valence-electron chi connectivity index (χ0n) is 6.40. The van der Waals surface area contributed by atoms with Gasteiger partial charge in [-0.05, 0) is 12.8 Å². The molecule has 5 heteroatoms. The van der Waals surface area contributed by atoms with Gasteiger partial charge in [0.2, 0.25) is 6.54 Å². The van der Waals surface area contributed by atoms with Gasteiger partial charge < -0.3 is 0 Å². The van der Waals surface area contributed by atoms with Gasteiger partial charge in [-0.3, -0.25) is 10.1 Å². The average molecular weight is 184 g/mol. The predicted molar refractivity (Wildman–Crippen MR) is 44.8 cm³/mol. The second kappa shape index (κ2) is 2.82. The monoisotopic (exact) mass is 184 g/mol. The maximum absolute atomic E-state index is 10.1. The summed E-state index contributed by atoms with van der Waals surface area (Å²) in [7, 11) is 0. The molecule has 1 aliphatic carbocycles. The Morgan fingerprint density at radius 2 is 2.50 bits per heavy atom. The molecule has 0 aliphatic heterocycles. The highest BCUT2D eigenvalue weighted by atomic mass is 32.1. The van der Waals surface area contributed by atoms with Gasteiger partial charge in [0.25, 0.3) is 0 Å². The van der Waals surface area contributed by atoms with Crippen LogP contribution in [0.3, 0.4) is 0 Å². The highest BCUT2D eigenvalue weighted by Gasteiger charge is 2.26. The number of hydrogen-bond acceptors (Lipinski definition) is 4. The molecule has 0 spiro atoms. The maximum atomic E-state index is 10.1. The number of thiazole rings is 1. The normalized spacial score (nSPS) is 16.3. The van der Waals surface area contributed by atoms with E-state index in [9.17, 15) is 10.1 Å². The predicted octanol–water partition coefficient (Wildman–Crippen LogP) is 1.80. The van der Waals surface area contributed by atoms with Crippen molar-refractivity contribution in [2.24, 2.45) is 0 Å². The van der Waals surface area contributed by atoms with Crippen LogP contribution in [0.25, 0.3) is 0 Å². The van der Waals surface area contributed by atoms with E-state index in [2.05, 4.69) is 4.98 Å². The smallest absolute Gasteiger partial charge is 0.246 e. The number of nitro groups is 1. The Morgan fingerprint density at radius 3 is 3.08 bits per heavy atom. The Hall–Kier alpha value is -0.970. The number of nitrogens with zero attached hydrogens (tertiary/aromatic N) is 2. The fourth-order valence-corrected chi connectivity index (χ4v) is 2.03. The summed E-state index contributed by atoms with van der Waals surface area (Å²) in [6, 6.07) is 0. The van der Waals surface area contributed by atoms with Crippen LogP contribution in [0.4, 0.5) is 0 Å². The van der Waals surface area contributed by atoms with Gasteiger partial charge in [-0.25, -0.2) is 4.98 Å². The van der Waals surface area contributed by atoms with Gasteiger partial charge in [0.1, 0.15) is 5.69 Å². The molecular weight excluding hydrogens is 176 g/mol. The largest absolute Gasteiger partial charge is 0.264 e. The summed E-state index contributed by atoms with van der Waals surface area (Å²) in [4.78, 5) is 14.0. The summed E-state index contributed by atoms with van der Waals surface area (Å²) >= 11 is 1.55. The van der Waals surface area contributed by atoms with E-state index in [0.717, 1.165) is 5.01 Å². The summed E-state index contributed by atoms with van der Waals surface area (Å²) in [6.07, 6.45) is 2.40. The molecule has 1 aliphatic rings. The Morgan fingerprint density at radius 1 is 1.75 bits per heavy atom. The average Bonchev–Trinajstić information content (AvgIpc) is 2.73. The molecule has 0 bridgehead atoms. The van der Waals surface area contributed by atoms with Crippen LogP contribution >= 0.6 is 11.3 Å². The Labute approximate surface area is 73.4 Å². The molecule has 0 radical (unpaired) electrons. The molecule has 1 heterocycles. The van der Waals surface area contributed by atoms with Crippen molar-refractivity contribution < 1.29 is 4.92 Å². The number of hydrogen-bond donors (Lipinski definition) is 0. The molecule has 2 rings (SSSR count). The molecule has 0 amide bonds. The van der Waals surface area contributed by atoms with E-state index >= 15 is 0 Å². The van der Waals surface area contributed by atoms with Gasteiger partial charge in [-0.2, -0.15) is 0 Å². The lowest BCUT2D eigenvalue weighted by Gasteiger charge is -1.86. The zero-order chi connectivity index (χ0) is 8.55. The standard InChI is InChI=1S/C7H8N2O2S/c10-9(11)3-6-4-12-7(8-6)5-1-2-5/h4-5H,1-3H2. The fourth-order valence-electron chi connectivity index (χ4n) is 1.05. The van der Waals surface area contributed by atoms with Gasteiger partial charge in [0.15, 0.2) is 0 Å². The lowest BCUT2D eigenvalue weighted by molar-refractivity contribution is -0.497. The summed E-state index contributed by atoms with van der Waals surface area (Å²) in [6.45, 7) is -0.136. The zero-order valence-corrected chi connectivity index (χ0v) is 7.21. The van der Waals surface area contributed by atoms with Gasteiger partial charge >= 0.3 is 0 Å². The highest BCUT2D eigenvalue weighted by Crippen LogP contribution is 2.41. The third-order valence-corrected chi connectivity index (χ3v) is 2.84. The molecule has 12 heavy (non-hydrogen) atoms. The Bertz CT molecular complexity index is 306. The summed E-state index contributed by atoms with van der Waals surface area (Å²) in [5, 5.41) is 13.0. The van der Waals surface area contributed by atoms with E-state index in [1.54, 1.807) is 16.7 Å². The molecule has 1 aromatic rings. The van der Waals surface area contributed by atoms with Crippen LogP contribution in [0.15, 0.2) is 5.38 Å². The van der Waals surface area contributed by atoms with Crippen molar-refractivity contribution in [1.29, 1.82) is 0 Å². The molecule has 0 N–H and O–H groups in total. The van der Waals surface area contributed by atoms with Crippen molar-refractivity contribution >= 4 is 11.3 Å². The molecular formula is C7H8N2O2S. The van der Waals surface area contributed by atoms with E-state index < -0.39 is 0 Å². The topological polar surface area (TPSA) is 56.0 Å². The first kappa shape index (κ1) is 7.67. The first-order valence-corrected chi connectivity index (χ1v) is 4.70. The van der Waals surface area contributed by atoms with Gasteiger partial charge in [0.05, 0.1) is 5.01 Å². The van der Waals surface area contributed by atoms with E-state index in [1.807, 2.05) is 0 Å². The SMILES string of the molecule is O=[N+]([O-])Cc1csc(C2CC2)n1. The summed E-state index contributed by atoms with van der Waals surface area (Å²) in [5.74, 6) is 0.607. The first-order valence-electron chi connectivity index (χ1n) is 3.82. The van der Waals surface area contributed by atoms with Crippen LogP contribution in [0.5, 0.6) is 0 Å². The second-order valence-corrected chi connectivity index (χ2v) is 3.83. The third-order valence-electron chi connectivity index (χ3n) is 1.79. The fraction of sp³-hybridized carbons (Fsp3) is 0.571. The van der Waals surface area contributed by atoms with Crippen LogP contribution < -0.4 is 0 Å². The summed E-state index contributed by atoms with van der Waals surface area (Å²) < 4.78 is 0. The van der Waals surface area contributed by atoms with E-state index in [4.69, 9.17) is 0 Å². The van der Waals surface area contributed by atoms with Crippen molar-refractivity contribution in [3.05, 3.63) is 26.2 Å². The molecule has 0 atom stereocenters. The number of rotatable bonds is 3. The molecule has 0 aromatic carbocycles. The van der Waals surface area contributed by atoms with Gasteiger partial charge in [-0.15, -0.1) is 11.3 Å². The first-order chi connectivity index (χ1) is 5.75. The quantitative estimate of drug-likeness (QED) is 0.531. The van der Waals surface area contributed by atoms with Crippen LogP contribution in [-0.2, 0) is 6.54 Å². The molecule has 64 valence electrons. The second-order valence-electron chi connectivity index (χ2n) is 2.94. The van der Waals surface area contributed by atoms with Crippen LogP contribution in [-0.4, -0.2) is 9.91 Å². The lowest BCUT2D eigenvalue weighted by Crippen LogP contribution is -1.98. The Balaban J connectivity index is 2.07. The van der Waals surface area contributed by atoms with Crippen molar-refractivity contribution in [2.75, 3.05) is 0 Å². The van der Waals surface area contributed by atoms with E-state index in [1.165, 1.54) is 12.8 Å². The minimum absolute atomic E-state index is 0.136. The lowest BCUT2D eigenvalue weighted by atomic mass is 10.4. The molecule has 1 aromatic heterocycles. The maximum Gasteiger partial charge on any atom is 0.246 e. The third kappa shape index (κ3) is 1.61. The van der Waals surface area contributed by atoms with Crippen LogP contribution in [0, 0.1) is 10.1 Å². The van der Waals surface area contributed by atoms with Gasteiger partial charge in [0, 0.05) is 16.2 Å². The molecule has 1 fully saturated rings. The van der Waals surface area contributed by atoms with E-state index in [0.29, 0.717) is 11.6 Å². The van der Waals surface area contributed by atoms with Crippen molar-refractivity contribution in [3.63, 3.8) is 0 Å². The highest BCUT2D eigenvalue weighted by molar-refractivity contribution is 7.09. The molecule has 4 nitrogen and oxygen atoms in total. The van der Waals surface area contributed by atoms with Crippen molar-refractivity contribution in [3.8, 4) is 0 Å². The van der Waals surface area contributed by atoms with Crippen LogP contribution in [0.1, 0.15) is 29.5 Å². The molecule has 0 unspecified atom stereocenters. The minimum atomic E-state index is -0.342. The van der Waals surface area contributed by atoms with Gasteiger partial charge in [-0.1, -0.05) is 0 Å². The van der Waals surface area contributed by atoms with E-state index in [-0.39, 0.29) is 11.5 Å². The van der Waals surface area contributed by atoms with Crippen molar-refractivity contribution in [2.45, 2.75) is 25.3 Å². The minimum Gasteiger partial charge on any atom is -0.264 e.